The first-order valence-corrected chi connectivity index (χ1v) is 17.5. The number of amides is 3. The summed E-state index contributed by atoms with van der Waals surface area (Å²) in [6.45, 7) is 15.1. The van der Waals surface area contributed by atoms with E-state index < -0.39 is 5.97 Å². The largest absolute Gasteiger partial charge is 0.478 e. The third-order valence-electron chi connectivity index (χ3n) is 14.5. The molecule has 3 amide bonds. The molecule has 246 valence electrons. The summed E-state index contributed by atoms with van der Waals surface area (Å²) in [5.41, 5.74) is 3.47. The molecular weight excluding hydrogens is 562 g/mol. The van der Waals surface area contributed by atoms with Crippen LogP contribution in [0.3, 0.4) is 0 Å². The van der Waals surface area contributed by atoms with Crippen LogP contribution in [0.2, 0.25) is 0 Å². The molecule has 4 fully saturated rings. The minimum atomic E-state index is -0.878. The topological polar surface area (TPSA) is 108 Å². The van der Waals surface area contributed by atoms with Gasteiger partial charge in [-0.2, -0.15) is 0 Å². The standard InChI is InChI=1S/C38H55N3O4/c1-24(42)39-22-23-40-33(45)41-38-17-7-8-29(38)28-13-14-31-35(4)18-15-27(25-9-11-26(12-10-25)32(43)44)34(2,3)30(35)16-19-37(31,6)36(28,5)20-21-38/h9-12,15,28-31H,7-8,13-14,16-23H2,1-6H3,(H,39,42)(H,43,44)(H2,40,41,45)/t28?,29?,30?,31?,35?,36-,37?,38?/m1/s1. The van der Waals surface area contributed by atoms with E-state index in [1.165, 1.54) is 51.0 Å². The van der Waals surface area contributed by atoms with Crippen molar-refractivity contribution < 1.29 is 19.5 Å². The zero-order valence-corrected chi connectivity index (χ0v) is 28.4. The SMILES string of the molecule is CC(=O)NCCNC(=O)NC12CCCC1C1CCC3C4(C)CC=C(c5ccc(C(=O)O)cc5)C(C)(C)C4CCC3(C)[C@]1(C)CC2. The highest BCUT2D eigenvalue weighted by Gasteiger charge is 2.69. The molecule has 4 N–H and O–H groups in total. The second kappa shape index (κ2) is 11.2. The maximum absolute atomic E-state index is 13.1. The number of carboxylic acids is 1. The van der Waals surface area contributed by atoms with Crippen molar-refractivity contribution in [3.05, 3.63) is 41.5 Å². The molecule has 7 unspecified atom stereocenters. The normalized spacial score (nSPS) is 39.6. The second-order valence-corrected chi connectivity index (χ2v) is 16.6. The van der Waals surface area contributed by atoms with Crippen LogP contribution in [0.15, 0.2) is 30.3 Å². The van der Waals surface area contributed by atoms with E-state index in [2.05, 4.69) is 56.6 Å². The lowest BCUT2D eigenvalue weighted by atomic mass is 9.33. The van der Waals surface area contributed by atoms with Crippen LogP contribution in [-0.4, -0.2) is 41.6 Å². The molecule has 1 aromatic carbocycles. The van der Waals surface area contributed by atoms with Gasteiger partial charge in [0.15, 0.2) is 0 Å². The lowest BCUT2D eigenvalue weighted by molar-refractivity contribution is -0.216. The quantitative estimate of drug-likeness (QED) is 0.249. The van der Waals surface area contributed by atoms with Crippen LogP contribution in [0.1, 0.15) is 122 Å². The van der Waals surface area contributed by atoms with Crippen LogP contribution < -0.4 is 16.0 Å². The average molecular weight is 618 g/mol. The van der Waals surface area contributed by atoms with E-state index in [1.807, 2.05) is 12.1 Å². The number of hydrogen-bond donors (Lipinski definition) is 4. The first kappa shape index (κ1) is 32.1. The van der Waals surface area contributed by atoms with Gasteiger partial charge >= 0.3 is 12.0 Å². The number of allylic oxidation sites excluding steroid dienone is 2. The minimum Gasteiger partial charge on any atom is -0.478 e. The number of nitrogens with one attached hydrogen (secondary N) is 3. The molecule has 0 spiro atoms. The van der Waals surface area contributed by atoms with Gasteiger partial charge in [-0.15, -0.1) is 0 Å². The van der Waals surface area contributed by atoms with Gasteiger partial charge in [-0.05, 0) is 126 Å². The third-order valence-corrected chi connectivity index (χ3v) is 14.5. The van der Waals surface area contributed by atoms with Crippen molar-refractivity contribution in [3.8, 4) is 0 Å². The molecule has 0 saturated heterocycles. The Balaban J connectivity index is 1.23. The first-order chi connectivity index (χ1) is 21.2. The van der Waals surface area contributed by atoms with Gasteiger partial charge in [-0.3, -0.25) is 4.79 Å². The summed E-state index contributed by atoms with van der Waals surface area (Å²) < 4.78 is 0. The summed E-state index contributed by atoms with van der Waals surface area (Å²) in [4.78, 5) is 35.8. The van der Waals surface area contributed by atoms with Crippen LogP contribution in [0.25, 0.3) is 5.57 Å². The molecule has 0 radical (unpaired) electrons. The number of hydrogen-bond acceptors (Lipinski definition) is 3. The fourth-order valence-electron chi connectivity index (χ4n) is 12.4. The zero-order chi connectivity index (χ0) is 32.4. The van der Waals surface area contributed by atoms with E-state index in [9.17, 15) is 19.5 Å². The number of carboxylic acid groups (broad SMARTS) is 1. The summed E-state index contributed by atoms with van der Waals surface area (Å²) in [6.07, 6.45) is 14.2. The molecule has 6 rings (SSSR count). The number of aromatic carboxylic acids is 1. The molecule has 0 aromatic heterocycles. The van der Waals surface area contributed by atoms with Crippen LogP contribution in [0, 0.1) is 45.3 Å². The van der Waals surface area contributed by atoms with Gasteiger partial charge in [0.05, 0.1) is 5.56 Å². The minimum absolute atomic E-state index is 0.00120. The number of rotatable bonds is 6. The number of carbonyl (C=O) groups excluding carboxylic acids is 2. The molecule has 0 aliphatic heterocycles. The van der Waals surface area contributed by atoms with Crippen LogP contribution in [0.4, 0.5) is 4.79 Å². The Morgan fingerprint density at radius 3 is 2.20 bits per heavy atom. The molecule has 0 bridgehead atoms. The Morgan fingerprint density at radius 2 is 1.51 bits per heavy atom. The van der Waals surface area contributed by atoms with Crippen LogP contribution >= 0.6 is 0 Å². The maximum Gasteiger partial charge on any atom is 0.335 e. The van der Waals surface area contributed by atoms with Crippen molar-refractivity contribution in [2.75, 3.05) is 13.1 Å². The first-order valence-electron chi connectivity index (χ1n) is 17.5. The molecule has 45 heavy (non-hydrogen) atoms. The number of benzene rings is 1. The number of fused-ring (bicyclic) bond motifs is 7. The predicted molar refractivity (Wildman–Crippen MR) is 178 cm³/mol. The van der Waals surface area contributed by atoms with Crippen molar-refractivity contribution in [1.29, 1.82) is 0 Å². The van der Waals surface area contributed by atoms with E-state index in [-0.39, 0.29) is 39.1 Å². The highest BCUT2D eigenvalue weighted by atomic mass is 16.4. The lowest BCUT2D eigenvalue weighted by Gasteiger charge is -2.72. The van der Waals surface area contributed by atoms with Gasteiger partial charge in [-0.1, -0.05) is 59.2 Å². The summed E-state index contributed by atoms with van der Waals surface area (Å²) >= 11 is 0. The third kappa shape index (κ3) is 4.93. The van der Waals surface area contributed by atoms with Gasteiger partial charge in [0.25, 0.3) is 0 Å². The summed E-state index contributed by atoms with van der Waals surface area (Å²) in [5.74, 6) is 1.39. The Bertz CT molecular complexity index is 1390. The summed E-state index contributed by atoms with van der Waals surface area (Å²) in [6, 6.07) is 7.42. The van der Waals surface area contributed by atoms with Crippen molar-refractivity contribution in [3.63, 3.8) is 0 Å². The molecular formula is C38H55N3O4. The molecule has 5 aliphatic carbocycles. The van der Waals surface area contributed by atoms with E-state index in [1.54, 1.807) is 12.1 Å². The van der Waals surface area contributed by atoms with E-state index in [0.717, 1.165) is 31.2 Å². The van der Waals surface area contributed by atoms with Crippen molar-refractivity contribution in [1.82, 2.24) is 16.0 Å². The van der Waals surface area contributed by atoms with Gasteiger partial charge in [0.2, 0.25) is 5.91 Å². The number of urea groups is 1. The fourth-order valence-corrected chi connectivity index (χ4v) is 12.4. The van der Waals surface area contributed by atoms with Gasteiger partial charge in [-0.25, -0.2) is 9.59 Å². The van der Waals surface area contributed by atoms with Gasteiger partial charge in [0.1, 0.15) is 0 Å². The Hall–Kier alpha value is -2.83. The molecule has 7 nitrogen and oxygen atoms in total. The Morgan fingerprint density at radius 1 is 0.800 bits per heavy atom. The van der Waals surface area contributed by atoms with E-state index >= 15 is 0 Å². The zero-order valence-electron chi connectivity index (χ0n) is 28.4. The molecule has 4 saturated carbocycles. The molecule has 0 heterocycles. The monoisotopic (exact) mass is 617 g/mol. The van der Waals surface area contributed by atoms with Crippen molar-refractivity contribution in [2.45, 2.75) is 111 Å². The molecule has 8 atom stereocenters. The lowest BCUT2D eigenvalue weighted by Crippen LogP contribution is -2.68. The second-order valence-electron chi connectivity index (χ2n) is 16.6. The predicted octanol–water partition coefficient (Wildman–Crippen LogP) is 7.42. The highest BCUT2D eigenvalue weighted by molar-refractivity contribution is 5.88. The average Bonchev–Trinajstić information content (AvgIpc) is 3.39. The maximum atomic E-state index is 13.1. The van der Waals surface area contributed by atoms with Gasteiger partial charge in [0, 0.05) is 25.6 Å². The summed E-state index contributed by atoms with van der Waals surface area (Å²) in [5, 5.41) is 18.7. The van der Waals surface area contributed by atoms with Crippen LogP contribution in [0.5, 0.6) is 0 Å². The Labute approximate surface area is 269 Å². The van der Waals surface area contributed by atoms with Gasteiger partial charge < -0.3 is 21.1 Å². The molecule has 1 aromatic rings. The Kier molecular flexibility index (Phi) is 7.96. The summed E-state index contributed by atoms with van der Waals surface area (Å²) in [7, 11) is 0. The van der Waals surface area contributed by atoms with Crippen molar-refractivity contribution >= 4 is 23.5 Å². The number of carbonyl (C=O) groups is 3. The highest BCUT2D eigenvalue weighted by Crippen LogP contribution is 2.76. The van der Waals surface area contributed by atoms with E-state index in [0.29, 0.717) is 42.3 Å². The van der Waals surface area contributed by atoms with E-state index in [4.69, 9.17) is 0 Å². The molecule has 5 aliphatic rings. The molecule has 7 heteroatoms. The fraction of sp³-hybridized carbons (Fsp3) is 0.711. The van der Waals surface area contributed by atoms with Crippen molar-refractivity contribution in [2.24, 2.45) is 45.3 Å². The smallest absolute Gasteiger partial charge is 0.335 e. The van der Waals surface area contributed by atoms with Crippen LogP contribution in [-0.2, 0) is 4.79 Å².